The maximum Gasteiger partial charge on any atom is 0.262 e. The fourth-order valence-corrected chi connectivity index (χ4v) is 3.21. The average molecular weight is 437 g/mol. The van der Waals surface area contributed by atoms with Crippen molar-refractivity contribution < 1.29 is 14.3 Å². The molecule has 0 heterocycles. The van der Waals surface area contributed by atoms with Crippen molar-refractivity contribution in [3.63, 3.8) is 0 Å². The van der Waals surface area contributed by atoms with Crippen LogP contribution in [0.1, 0.15) is 42.1 Å². The Morgan fingerprint density at radius 1 is 0.935 bits per heavy atom. The lowest BCUT2D eigenvalue weighted by molar-refractivity contribution is -0.118. The van der Waals surface area contributed by atoms with Gasteiger partial charge < -0.3 is 15.4 Å². The van der Waals surface area contributed by atoms with E-state index < -0.39 is 0 Å². The maximum atomic E-state index is 12.4. The van der Waals surface area contributed by atoms with Gasteiger partial charge in [0.1, 0.15) is 5.75 Å². The summed E-state index contributed by atoms with van der Waals surface area (Å²) < 4.78 is 5.58. The van der Waals surface area contributed by atoms with E-state index in [0.29, 0.717) is 33.6 Å². The van der Waals surface area contributed by atoms with Crippen LogP contribution in [-0.2, 0) is 4.79 Å². The molecule has 31 heavy (non-hydrogen) atoms. The van der Waals surface area contributed by atoms with E-state index in [1.165, 1.54) is 5.56 Å². The first-order chi connectivity index (χ1) is 15.0. The Hall–Kier alpha value is -3.31. The number of rotatable bonds is 8. The molecule has 0 saturated heterocycles. The van der Waals surface area contributed by atoms with Gasteiger partial charge in [-0.05, 0) is 60.4 Å². The van der Waals surface area contributed by atoms with Crippen LogP contribution in [0.4, 0.5) is 11.4 Å². The zero-order valence-corrected chi connectivity index (χ0v) is 18.3. The van der Waals surface area contributed by atoms with Gasteiger partial charge in [0.15, 0.2) is 6.61 Å². The fraction of sp³-hybridized carbons (Fsp3) is 0.200. The normalized spacial score (nSPS) is 11.5. The van der Waals surface area contributed by atoms with Crippen molar-refractivity contribution in [2.75, 3.05) is 17.2 Å². The van der Waals surface area contributed by atoms with Gasteiger partial charge in [-0.1, -0.05) is 55.8 Å². The number of ether oxygens (including phenoxy) is 1. The molecule has 2 amide bonds. The Morgan fingerprint density at radius 2 is 1.61 bits per heavy atom. The highest BCUT2D eigenvalue weighted by Gasteiger charge is 2.11. The molecule has 0 fully saturated rings. The van der Waals surface area contributed by atoms with Gasteiger partial charge >= 0.3 is 0 Å². The second kappa shape index (κ2) is 10.6. The summed E-state index contributed by atoms with van der Waals surface area (Å²) in [4.78, 5) is 24.7. The minimum atomic E-state index is -0.321. The van der Waals surface area contributed by atoms with Crippen LogP contribution in [0.5, 0.6) is 5.75 Å². The minimum Gasteiger partial charge on any atom is -0.484 e. The van der Waals surface area contributed by atoms with Gasteiger partial charge in [-0.2, -0.15) is 0 Å². The molecule has 1 unspecified atom stereocenters. The summed E-state index contributed by atoms with van der Waals surface area (Å²) in [5, 5.41) is 5.93. The molecule has 0 aliphatic carbocycles. The van der Waals surface area contributed by atoms with Crippen LogP contribution in [0.3, 0.4) is 0 Å². The highest BCUT2D eigenvalue weighted by Crippen LogP contribution is 2.22. The number of hydrogen-bond donors (Lipinski definition) is 2. The number of benzene rings is 3. The molecule has 0 aliphatic rings. The van der Waals surface area contributed by atoms with E-state index in [1.807, 2.05) is 24.3 Å². The number of carbonyl (C=O) groups excluding carboxylic acids is 2. The van der Waals surface area contributed by atoms with Gasteiger partial charge in [-0.25, -0.2) is 0 Å². The van der Waals surface area contributed by atoms with Crippen molar-refractivity contribution >= 4 is 34.8 Å². The number of anilines is 2. The van der Waals surface area contributed by atoms with Gasteiger partial charge in [0, 0.05) is 11.4 Å². The summed E-state index contributed by atoms with van der Waals surface area (Å²) in [7, 11) is 0. The molecular formula is C25H25ClN2O3. The summed E-state index contributed by atoms with van der Waals surface area (Å²) in [6, 6.07) is 21.5. The Kier molecular flexibility index (Phi) is 7.68. The summed E-state index contributed by atoms with van der Waals surface area (Å²) >= 11 is 6.07. The third-order valence-electron chi connectivity index (χ3n) is 4.95. The molecule has 3 rings (SSSR count). The third-order valence-corrected chi connectivity index (χ3v) is 5.28. The van der Waals surface area contributed by atoms with Crippen LogP contribution in [0, 0.1) is 0 Å². The van der Waals surface area contributed by atoms with E-state index >= 15 is 0 Å². The number of carbonyl (C=O) groups is 2. The van der Waals surface area contributed by atoms with Gasteiger partial charge in [-0.3, -0.25) is 9.59 Å². The molecule has 0 bridgehead atoms. The summed E-state index contributed by atoms with van der Waals surface area (Å²) in [5.74, 6) is 0.518. The Labute approximate surface area is 187 Å². The first-order valence-electron chi connectivity index (χ1n) is 10.1. The highest BCUT2D eigenvalue weighted by atomic mass is 35.5. The van der Waals surface area contributed by atoms with E-state index in [-0.39, 0.29) is 18.4 Å². The van der Waals surface area contributed by atoms with Crippen molar-refractivity contribution in [3.8, 4) is 5.75 Å². The summed E-state index contributed by atoms with van der Waals surface area (Å²) in [6.07, 6.45) is 1.07. The quantitative estimate of drug-likeness (QED) is 0.446. The van der Waals surface area contributed by atoms with E-state index in [1.54, 1.807) is 48.5 Å². The SMILES string of the molecule is CCC(C)c1ccc(OCC(=O)Nc2cccc(NC(=O)c3ccccc3Cl)c2)cc1. The molecule has 0 spiro atoms. The molecule has 2 N–H and O–H groups in total. The first kappa shape index (κ1) is 22.4. The molecular weight excluding hydrogens is 412 g/mol. The molecule has 6 heteroatoms. The minimum absolute atomic E-state index is 0.112. The number of halogens is 1. The molecule has 0 radical (unpaired) electrons. The molecule has 1 atom stereocenters. The molecule has 3 aromatic carbocycles. The van der Waals surface area contributed by atoms with Gasteiger partial charge in [-0.15, -0.1) is 0 Å². The van der Waals surface area contributed by atoms with Crippen molar-refractivity contribution in [1.29, 1.82) is 0 Å². The first-order valence-corrected chi connectivity index (χ1v) is 10.5. The number of nitrogens with one attached hydrogen (secondary N) is 2. The predicted octanol–water partition coefficient (Wildman–Crippen LogP) is 6.12. The Morgan fingerprint density at radius 3 is 2.29 bits per heavy atom. The molecule has 0 aliphatic heterocycles. The molecule has 3 aromatic rings. The Balaban J connectivity index is 1.55. The predicted molar refractivity (Wildman–Crippen MR) is 125 cm³/mol. The second-order valence-corrected chi connectivity index (χ2v) is 7.64. The number of hydrogen-bond acceptors (Lipinski definition) is 3. The lowest BCUT2D eigenvalue weighted by atomic mass is 9.99. The second-order valence-electron chi connectivity index (χ2n) is 7.23. The van der Waals surface area contributed by atoms with E-state index in [9.17, 15) is 9.59 Å². The van der Waals surface area contributed by atoms with Gasteiger partial charge in [0.05, 0.1) is 10.6 Å². The van der Waals surface area contributed by atoms with Crippen LogP contribution in [-0.4, -0.2) is 18.4 Å². The molecule has 0 saturated carbocycles. The zero-order chi connectivity index (χ0) is 22.2. The lowest BCUT2D eigenvalue weighted by Crippen LogP contribution is -2.20. The Bertz CT molecular complexity index is 1050. The smallest absolute Gasteiger partial charge is 0.262 e. The molecule has 0 aromatic heterocycles. The standard InChI is InChI=1S/C25H25ClN2O3/c1-3-17(2)18-11-13-21(14-12-18)31-16-24(29)27-19-7-6-8-20(15-19)28-25(30)22-9-4-5-10-23(22)26/h4-15,17H,3,16H2,1-2H3,(H,27,29)(H,28,30). The van der Waals surface area contributed by atoms with E-state index in [0.717, 1.165) is 6.42 Å². The van der Waals surface area contributed by atoms with Crippen molar-refractivity contribution in [2.24, 2.45) is 0 Å². The van der Waals surface area contributed by atoms with Crippen molar-refractivity contribution in [2.45, 2.75) is 26.2 Å². The summed E-state index contributed by atoms with van der Waals surface area (Å²) in [6.45, 7) is 4.21. The molecule has 5 nitrogen and oxygen atoms in total. The summed E-state index contributed by atoms with van der Waals surface area (Å²) in [5.41, 5.74) is 2.73. The van der Waals surface area contributed by atoms with Crippen LogP contribution in [0.2, 0.25) is 5.02 Å². The van der Waals surface area contributed by atoms with Crippen molar-refractivity contribution in [3.05, 3.63) is 88.9 Å². The third kappa shape index (κ3) is 6.33. The van der Waals surface area contributed by atoms with E-state index in [4.69, 9.17) is 16.3 Å². The van der Waals surface area contributed by atoms with Gasteiger partial charge in [0.25, 0.3) is 11.8 Å². The van der Waals surface area contributed by atoms with Crippen LogP contribution in [0.25, 0.3) is 0 Å². The zero-order valence-electron chi connectivity index (χ0n) is 17.5. The fourth-order valence-electron chi connectivity index (χ4n) is 2.99. The van der Waals surface area contributed by atoms with Gasteiger partial charge in [0.2, 0.25) is 0 Å². The topological polar surface area (TPSA) is 67.4 Å². The largest absolute Gasteiger partial charge is 0.484 e. The van der Waals surface area contributed by atoms with Crippen molar-refractivity contribution in [1.82, 2.24) is 0 Å². The van der Waals surface area contributed by atoms with E-state index in [2.05, 4.69) is 24.5 Å². The monoisotopic (exact) mass is 436 g/mol. The van der Waals surface area contributed by atoms with Crippen LogP contribution >= 0.6 is 11.6 Å². The number of amides is 2. The van der Waals surface area contributed by atoms with Crippen LogP contribution < -0.4 is 15.4 Å². The average Bonchev–Trinajstić information content (AvgIpc) is 2.78. The highest BCUT2D eigenvalue weighted by molar-refractivity contribution is 6.34. The lowest BCUT2D eigenvalue weighted by Gasteiger charge is -2.12. The maximum absolute atomic E-state index is 12.4. The molecule has 160 valence electrons. The van der Waals surface area contributed by atoms with Crippen LogP contribution in [0.15, 0.2) is 72.8 Å².